The molecule has 1 aliphatic heterocycles. The third-order valence-electron chi connectivity index (χ3n) is 4.33. The standard InChI is InChI=1S/C17H23F2NO2/c1-12(21)14-5-3-9-20(11-14)17(22)6-2-4-13-7-8-15(18)16(19)10-13/h7-8,10,12,14,21H,2-6,9,11H2,1H3. The van der Waals surface area contributed by atoms with E-state index >= 15 is 0 Å². The maximum absolute atomic E-state index is 13.1. The summed E-state index contributed by atoms with van der Waals surface area (Å²) < 4.78 is 25.9. The van der Waals surface area contributed by atoms with Gasteiger partial charge in [-0.2, -0.15) is 0 Å². The molecular formula is C17H23F2NO2. The first-order valence-electron chi connectivity index (χ1n) is 7.87. The summed E-state index contributed by atoms with van der Waals surface area (Å²) >= 11 is 0. The Morgan fingerprint density at radius 1 is 1.41 bits per heavy atom. The molecule has 122 valence electrons. The Kier molecular flexibility index (Phi) is 5.89. The third-order valence-corrected chi connectivity index (χ3v) is 4.33. The van der Waals surface area contributed by atoms with Crippen LogP contribution in [-0.4, -0.2) is 35.1 Å². The average Bonchev–Trinajstić information content (AvgIpc) is 2.51. The van der Waals surface area contributed by atoms with Gasteiger partial charge >= 0.3 is 0 Å². The summed E-state index contributed by atoms with van der Waals surface area (Å²) in [4.78, 5) is 14.0. The molecule has 1 aromatic carbocycles. The van der Waals surface area contributed by atoms with Crippen molar-refractivity contribution in [2.75, 3.05) is 13.1 Å². The number of aliphatic hydroxyl groups excluding tert-OH is 1. The maximum Gasteiger partial charge on any atom is 0.222 e. The topological polar surface area (TPSA) is 40.5 Å². The second-order valence-corrected chi connectivity index (χ2v) is 6.08. The third kappa shape index (κ3) is 4.50. The first-order chi connectivity index (χ1) is 10.5. The second kappa shape index (κ2) is 7.68. The number of halogens is 2. The number of amides is 1. The number of hydrogen-bond acceptors (Lipinski definition) is 2. The molecule has 0 radical (unpaired) electrons. The molecular weight excluding hydrogens is 288 g/mol. The van der Waals surface area contributed by atoms with Crippen LogP contribution in [0.4, 0.5) is 8.78 Å². The molecule has 1 saturated heterocycles. The lowest BCUT2D eigenvalue weighted by Gasteiger charge is -2.34. The number of benzene rings is 1. The van der Waals surface area contributed by atoms with E-state index in [1.807, 2.05) is 4.90 Å². The number of likely N-dealkylation sites (tertiary alicyclic amines) is 1. The number of rotatable bonds is 5. The van der Waals surface area contributed by atoms with Crippen molar-refractivity contribution in [2.45, 2.75) is 45.1 Å². The maximum atomic E-state index is 13.1. The molecule has 1 aromatic rings. The van der Waals surface area contributed by atoms with Crippen LogP contribution in [0.15, 0.2) is 18.2 Å². The van der Waals surface area contributed by atoms with Crippen LogP contribution in [0.2, 0.25) is 0 Å². The molecule has 2 unspecified atom stereocenters. The lowest BCUT2D eigenvalue weighted by molar-refractivity contribution is -0.133. The Hall–Kier alpha value is -1.49. The van der Waals surface area contributed by atoms with Crippen molar-refractivity contribution in [3.05, 3.63) is 35.4 Å². The quantitative estimate of drug-likeness (QED) is 0.908. The number of carbonyl (C=O) groups excluding carboxylic acids is 1. The van der Waals surface area contributed by atoms with E-state index in [2.05, 4.69) is 0 Å². The van der Waals surface area contributed by atoms with Crippen molar-refractivity contribution in [1.82, 2.24) is 4.90 Å². The van der Waals surface area contributed by atoms with E-state index in [0.717, 1.165) is 25.5 Å². The molecule has 0 spiro atoms. The summed E-state index contributed by atoms with van der Waals surface area (Å²) in [5, 5.41) is 9.65. The Labute approximate surface area is 129 Å². The lowest BCUT2D eigenvalue weighted by atomic mass is 9.93. The van der Waals surface area contributed by atoms with Gasteiger partial charge in [0.05, 0.1) is 6.10 Å². The van der Waals surface area contributed by atoms with Crippen molar-refractivity contribution in [2.24, 2.45) is 5.92 Å². The molecule has 2 atom stereocenters. The van der Waals surface area contributed by atoms with Crippen LogP contribution in [0, 0.1) is 17.6 Å². The number of aliphatic hydroxyl groups is 1. The Balaban J connectivity index is 1.78. The van der Waals surface area contributed by atoms with Gasteiger partial charge in [0, 0.05) is 25.4 Å². The van der Waals surface area contributed by atoms with Crippen molar-refractivity contribution in [3.8, 4) is 0 Å². The summed E-state index contributed by atoms with van der Waals surface area (Å²) in [6.45, 7) is 3.12. The van der Waals surface area contributed by atoms with Crippen LogP contribution in [0.5, 0.6) is 0 Å². The highest BCUT2D eigenvalue weighted by molar-refractivity contribution is 5.76. The van der Waals surface area contributed by atoms with Gasteiger partial charge in [0.25, 0.3) is 0 Å². The predicted molar refractivity (Wildman–Crippen MR) is 80.3 cm³/mol. The van der Waals surface area contributed by atoms with Gasteiger partial charge in [-0.15, -0.1) is 0 Å². The van der Waals surface area contributed by atoms with Crippen LogP contribution >= 0.6 is 0 Å². The van der Waals surface area contributed by atoms with E-state index in [4.69, 9.17) is 0 Å². The van der Waals surface area contributed by atoms with Gasteiger partial charge in [0.1, 0.15) is 0 Å². The normalized spacial score (nSPS) is 20.0. The van der Waals surface area contributed by atoms with Gasteiger partial charge in [-0.1, -0.05) is 6.07 Å². The van der Waals surface area contributed by atoms with E-state index in [1.165, 1.54) is 6.07 Å². The molecule has 1 amide bonds. The van der Waals surface area contributed by atoms with Gasteiger partial charge in [-0.3, -0.25) is 4.79 Å². The van der Waals surface area contributed by atoms with E-state index in [0.29, 0.717) is 31.4 Å². The van der Waals surface area contributed by atoms with E-state index in [9.17, 15) is 18.7 Å². The number of nitrogens with zero attached hydrogens (tertiary/aromatic N) is 1. The minimum absolute atomic E-state index is 0.0768. The van der Waals surface area contributed by atoms with Gasteiger partial charge in [-0.25, -0.2) is 8.78 Å². The van der Waals surface area contributed by atoms with Gasteiger partial charge in [-0.05, 0) is 50.3 Å². The summed E-state index contributed by atoms with van der Waals surface area (Å²) in [5.74, 6) is -1.46. The van der Waals surface area contributed by atoms with Crippen molar-refractivity contribution in [3.63, 3.8) is 0 Å². The fourth-order valence-corrected chi connectivity index (χ4v) is 2.93. The zero-order chi connectivity index (χ0) is 16.1. The van der Waals surface area contributed by atoms with E-state index in [-0.39, 0.29) is 11.8 Å². The highest BCUT2D eigenvalue weighted by Gasteiger charge is 2.25. The molecule has 0 bridgehead atoms. The molecule has 1 fully saturated rings. The highest BCUT2D eigenvalue weighted by atomic mass is 19.2. The number of hydrogen-bond donors (Lipinski definition) is 1. The van der Waals surface area contributed by atoms with E-state index in [1.54, 1.807) is 13.0 Å². The minimum atomic E-state index is -0.850. The van der Waals surface area contributed by atoms with Gasteiger partial charge in [0.2, 0.25) is 5.91 Å². The van der Waals surface area contributed by atoms with Crippen LogP contribution in [0.3, 0.4) is 0 Å². The van der Waals surface area contributed by atoms with Gasteiger partial charge < -0.3 is 10.0 Å². The van der Waals surface area contributed by atoms with Crippen molar-refractivity contribution in [1.29, 1.82) is 0 Å². The largest absolute Gasteiger partial charge is 0.393 e. The number of carbonyl (C=O) groups is 1. The molecule has 5 heteroatoms. The fraction of sp³-hybridized carbons (Fsp3) is 0.588. The van der Waals surface area contributed by atoms with Crippen molar-refractivity contribution < 1.29 is 18.7 Å². The first kappa shape index (κ1) is 16.9. The highest BCUT2D eigenvalue weighted by Crippen LogP contribution is 2.21. The number of piperidine rings is 1. The molecule has 3 nitrogen and oxygen atoms in total. The molecule has 22 heavy (non-hydrogen) atoms. The molecule has 2 rings (SSSR count). The molecule has 0 saturated carbocycles. The van der Waals surface area contributed by atoms with Crippen LogP contribution < -0.4 is 0 Å². The zero-order valence-corrected chi connectivity index (χ0v) is 12.9. The van der Waals surface area contributed by atoms with Crippen LogP contribution in [0.25, 0.3) is 0 Å². The predicted octanol–water partition coefficient (Wildman–Crippen LogP) is 2.91. The summed E-state index contributed by atoms with van der Waals surface area (Å²) in [6, 6.07) is 3.85. The Bertz CT molecular complexity index is 519. The summed E-state index contributed by atoms with van der Waals surface area (Å²) in [7, 11) is 0. The molecule has 1 aliphatic rings. The summed E-state index contributed by atoms with van der Waals surface area (Å²) in [5.41, 5.74) is 0.701. The average molecular weight is 311 g/mol. The zero-order valence-electron chi connectivity index (χ0n) is 12.9. The molecule has 1 N–H and O–H groups in total. The fourth-order valence-electron chi connectivity index (χ4n) is 2.93. The SMILES string of the molecule is CC(O)C1CCCN(C(=O)CCCc2ccc(F)c(F)c2)C1. The van der Waals surface area contributed by atoms with Crippen LogP contribution in [0.1, 0.15) is 38.2 Å². The van der Waals surface area contributed by atoms with E-state index < -0.39 is 17.7 Å². The Morgan fingerprint density at radius 3 is 2.86 bits per heavy atom. The monoisotopic (exact) mass is 311 g/mol. The molecule has 0 aromatic heterocycles. The summed E-state index contributed by atoms with van der Waals surface area (Å²) in [6.07, 6.45) is 3.04. The molecule has 1 heterocycles. The minimum Gasteiger partial charge on any atom is -0.393 e. The Morgan fingerprint density at radius 2 is 2.18 bits per heavy atom. The molecule has 0 aliphatic carbocycles. The smallest absolute Gasteiger partial charge is 0.222 e. The number of aryl methyl sites for hydroxylation is 1. The first-order valence-corrected chi connectivity index (χ1v) is 7.87. The lowest BCUT2D eigenvalue weighted by Crippen LogP contribution is -2.42. The van der Waals surface area contributed by atoms with Crippen LogP contribution in [-0.2, 0) is 11.2 Å². The van der Waals surface area contributed by atoms with Gasteiger partial charge in [0.15, 0.2) is 11.6 Å². The van der Waals surface area contributed by atoms with Crippen molar-refractivity contribution >= 4 is 5.91 Å². The second-order valence-electron chi connectivity index (χ2n) is 6.08.